The van der Waals surface area contributed by atoms with Gasteiger partial charge >= 0.3 is 5.69 Å². The fourth-order valence-electron chi connectivity index (χ4n) is 1.64. The lowest BCUT2D eigenvalue weighted by molar-refractivity contribution is 0.0957. The third-order valence-corrected chi connectivity index (χ3v) is 3.78. The summed E-state index contributed by atoms with van der Waals surface area (Å²) in [4.78, 5) is 36.9. The monoisotopic (exact) mass is 298 g/mol. The van der Waals surface area contributed by atoms with E-state index in [1.54, 1.807) is 13.0 Å². The smallest absolute Gasteiger partial charge is 0.293 e. The second-order valence-electron chi connectivity index (χ2n) is 4.03. The average Bonchev–Trinajstić information content (AvgIpc) is 2.76. The van der Waals surface area contributed by atoms with Crippen LogP contribution < -0.4 is 22.5 Å². The van der Waals surface area contributed by atoms with Gasteiger partial charge in [0, 0.05) is 4.88 Å². The number of H-pyrrole nitrogens is 1. The van der Waals surface area contributed by atoms with E-state index in [4.69, 9.17) is 5.84 Å². The first kappa shape index (κ1) is 14.2. The van der Waals surface area contributed by atoms with Gasteiger partial charge in [0.2, 0.25) is 5.82 Å². The molecule has 0 aliphatic heterocycles. The molecule has 2 aromatic rings. The Hall–Kier alpha value is -2.26. The van der Waals surface area contributed by atoms with Crippen molar-refractivity contribution in [2.24, 2.45) is 5.84 Å². The molecule has 4 N–H and O–H groups in total. The van der Waals surface area contributed by atoms with Gasteiger partial charge in [0.05, 0.1) is 17.6 Å². The summed E-state index contributed by atoms with van der Waals surface area (Å²) in [6.07, 6.45) is 0.834. The molecule has 0 spiro atoms. The maximum absolute atomic E-state index is 13.2. The molecule has 0 aliphatic carbocycles. The molecule has 0 aliphatic rings. The van der Waals surface area contributed by atoms with Gasteiger partial charge < -0.3 is 0 Å². The minimum Gasteiger partial charge on any atom is -0.293 e. The number of hydrogen-bond donors (Lipinski definition) is 3. The lowest BCUT2D eigenvalue weighted by atomic mass is 10.2. The van der Waals surface area contributed by atoms with Gasteiger partial charge in [-0.1, -0.05) is 0 Å². The van der Waals surface area contributed by atoms with Crippen molar-refractivity contribution in [2.45, 2.75) is 13.5 Å². The fourth-order valence-corrected chi connectivity index (χ4v) is 2.58. The number of aromatic nitrogens is 2. The van der Waals surface area contributed by atoms with Crippen LogP contribution in [0.4, 0.5) is 4.39 Å². The first-order valence-electron chi connectivity index (χ1n) is 5.52. The number of hydrogen-bond acceptors (Lipinski definition) is 5. The fraction of sp³-hybridized carbons (Fsp3) is 0.182. The Morgan fingerprint density at radius 2 is 2.25 bits per heavy atom. The summed E-state index contributed by atoms with van der Waals surface area (Å²) in [6, 6.07) is 1.57. The van der Waals surface area contributed by atoms with Gasteiger partial charge in [-0.15, -0.1) is 11.3 Å². The summed E-state index contributed by atoms with van der Waals surface area (Å²) in [5.41, 5.74) is 0.903. The molecule has 2 aromatic heterocycles. The minimum absolute atomic E-state index is 0.0483. The molecule has 2 heterocycles. The molecule has 0 bridgehead atoms. The standard InChI is InChI=1S/C11H11FN4O3S/c1-5-6(2-8(20-5)10(18)15-13)3-16-4-7(12)9(17)14-11(16)19/h2,4H,3,13H2,1H3,(H,15,18)(H,14,17,19). The molecule has 9 heteroatoms. The Morgan fingerprint density at radius 1 is 1.55 bits per heavy atom. The highest BCUT2D eigenvalue weighted by molar-refractivity contribution is 7.14. The molecule has 0 aromatic carbocycles. The Balaban J connectivity index is 2.38. The minimum atomic E-state index is -1.06. The van der Waals surface area contributed by atoms with Crippen molar-refractivity contribution in [2.75, 3.05) is 0 Å². The predicted octanol–water partition coefficient (Wildman–Crippen LogP) is -0.303. The van der Waals surface area contributed by atoms with E-state index >= 15 is 0 Å². The normalized spacial score (nSPS) is 10.6. The van der Waals surface area contributed by atoms with Crippen LogP contribution in [0, 0.1) is 12.7 Å². The maximum atomic E-state index is 13.2. The molecule has 0 atom stereocenters. The Morgan fingerprint density at radius 3 is 2.90 bits per heavy atom. The van der Waals surface area contributed by atoms with Crippen LogP contribution in [0.15, 0.2) is 21.9 Å². The number of carbonyl (C=O) groups excluding carboxylic acids is 1. The number of nitrogens with zero attached hydrogens (tertiary/aromatic N) is 1. The molecule has 106 valence electrons. The van der Waals surface area contributed by atoms with Crippen LogP contribution in [-0.2, 0) is 6.54 Å². The lowest BCUT2D eigenvalue weighted by Gasteiger charge is -2.04. The third kappa shape index (κ3) is 2.68. The number of halogens is 1. The lowest BCUT2D eigenvalue weighted by Crippen LogP contribution is -2.31. The number of thiophene rings is 1. The van der Waals surface area contributed by atoms with E-state index in [-0.39, 0.29) is 6.54 Å². The molecule has 2 rings (SSSR count). The molecule has 7 nitrogen and oxygen atoms in total. The molecular weight excluding hydrogens is 287 g/mol. The van der Waals surface area contributed by atoms with Crippen LogP contribution in [-0.4, -0.2) is 15.5 Å². The molecule has 0 radical (unpaired) electrons. The number of aryl methyl sites for hydroxylation is 1. The molecule has 0 saturated carbocycles. The number of nitrogens with two attached hydrogens (primary N) is 1. The van der Waals surface area contributed by atoms with Gasteiger partial charge in [0.1, 0.15) is 0 Å². The highest BCUT2D eigenvalue weighted by Crippen LogP contribution is 2.21. The summed E-state index contributed by atoms with van der Waals surface area (Å²) >= 11 is 1.21. The largest absolute Gasteiger partial charge is 0.328 e. The molecule has 0 unspecified atom stereocenters. The second-order valence-corrected chi connectivity index (χ2v) is 5.29. The number of rotatable bonds is 3. The van der Waals surface area contributed by atoms with Crippen LogP contribution in [0.1, 0.15) is 20.1 Å². The highest BCUT2D eigenvalue weighted by atomic mass is 32.1. The van der Waals surface area contributed by atoms with Gasteiger partial charge in [-0.3, -0.25) is 24.6 Å². The average molecular weight is 298 g/mol. The van der Waals surface area contributed by atoms with E-state index in [1.165, 1.54) is 11.3 Å². The van der Waals surface area contributed by atoms with E-state index in [0.29, 0.717) is 10.4 Å². The first-order chi connectivity index (χ1) is 9.42. The molecule has 20 heavy (non-hydrogen) atoms. The van der Waals surface area contributed by atoms with Gasteiger partial charge in [-0.25, -0.2) is 10.6 Å². The summed E-state index contributed by atoms with van der Waals surface area (Å²) in [6.45, 7) is 1.81. The molecule has 1 amide bonds. The van der Waals surface area contributed by atoms with Crippen molar-refractivity contribution in [3.63, 3.8) is 0 Å². The summed E-state index contributed by atoms with van der Waals surface area (Å²) in [7, 11) is 0. The number of aromatic amines is 1. The van der Waals surface area contributed by atoms with Crippen molar-refractivity contribution in [1.82, 2.24) is 15.0 Å². The van der Waals surface area contributed by atoms with Crippen molar-refractivity contribution >= 4 is 17.2 Å². The van der Waals surface area contributed by atoms with Gasteiger partial charge in [-0.05, 0) is 18.6 Å². The number of hydrazine groups is 1. The third-order valence-electron chi connectivity index (χ3n) is 2.68. The summed E-state index contributed by atoms with van der Waals surface area (Å²) in [5, 5.41) is 0. The van der Waals surface area contributed by atoms with Crippen LogP contribution >= 0.6 is 11.3 Å². The molecule has 0 saturated heterocycles. The van der Waals surface area contributed by atoms with Gasteiger partial charge in [0.25, 0.3) is 11.5 Å². The topological polar surface area (TPSA) is 110 Å². The maximum Gasteiger partial charge on any atom is 0.328 e. The van der Waals surface area contributed by atoms with Crippen molar-refractivity contribution in [3.05, 3.63) is 54.2 Å². The Labute approximate surface area is 115 Å². The van der Waals surface area contributed by atoms with Crippen molar-refractivity contribution < 1.29 is 9.18 Å². The summed E-state index contributed by atoms with van der Waals surface area (Å²) in [5.74, 6) is 3.55. The first-order valence-corrected chi connectivity index (χ1v) is 6.33. The van der Waals surface area contributed by atoms with Crippen molar-refractivity contribution in [1.29, 1.82) is 0 Å². The van der Waals surface area contributed by atoms with Crippen molar-refractivity contribution in [3.8, 4) is 0 Å². The highest BCUT2D eigenvalue weighted by Gasteiger charge is 2.13. The van der Waals surface area contributed by atoms with Gasteiger partial charge in [-0.2, -0.15) is 4.39 Å². The van der Waals surface area contributed by atoms with Crippen LogP contribution in [0.2, 0.25) is 0 Å². The molecular formula is C11H11FN4O3S. The van der Waals surface area contributed by atoms with E-state index in [0.717, 1.165) is 15.6 Å². The van der Waals surface area contributed by atoms with Crippen LogP contribution in [0.25, 0.3) is 0 Å². The van der Waals surface area contributed by atoms with Crippen LogP contribution in [0.5, 0.6) is 0 Å². The zero-order valence-electron chi connectivity index (χ0n) is 10.4. The van der Waals surface area contributed by atoms with E-state index in [9.17, 15) is 18.8 Å². The Kier molecular flexibility index (Phi) is 3.81. The predicted molar refractivity (Wildman–Crippen MR) is 71.1 cm³/mol. The zero-order chi connectivity index (χ0) is 14.9. The van der Waals surface area contributed by atoms with Gasteiger partial charge in [0.15, 0.2) is 0 Å². The van der Waals surface area contributed by atoms with E-state index in [1.807, 2.05) is 10.4 Å². The van der Waals surface area contributed by atoms with E-state index < -0.39 is 23.0 Å². The second kappa shape index (κ2) is 5.39. The summed E-state index contributed by atoms with van der Waals surface area (Å²) < 4.78 is 14.2. The number of nitrogen functional groups attached to an aromatic ring is 1. The zero-order valence-corrected chi connectivity index (χ0v) is 11.2. The number of amides is 1. The number of carbonyl (C=O) groups is 1. The number of nitrogens with one attached hydrogen (secondary N) is 2. The quantitative estimate of drug-likeness (QED) is 0.410. The Bertz CT molecular complexity index is 777. The van der Waals surface area contributed by atoms with E-state index in [2.05, 4.69) is 0 Å². The SMILES string of the molecule is Cc1sc(C(=O)NN)cc1Cn1cc(F)c(=O)[nH]c1=O. The van der Waals surface area contributed by atoms with Crippen LogP contribution in [0.3, 0.4) is 0 Å². The molecule has 0 fully saturated rings.